The quantitative estimate of drug-likeness (QED) is 0.889. The SMILES string of the molecule is CCOc1cc(CO)cc(OCC)c1-c1ncc(F)cc1F. The highest BCUT2D eigenvalue weighted by Gasteiger charge is 2.20. The fourth-order valence-electron chi connectivity index (χ4n) is 2.11. The maximum absolute atomic E-state index is 14.1. The fraction of sp³-hybridized carbons (Fsp3) is 0.312. The zero-order chi connectivity index (χ0) is 16.1. The largest absolute Gasteiger partial charge is 0.493 e. The van der Waals surface area contributed by atoms with Crippen molar-refractivity contribution in [3.8, 4) is 22.8 Å². The van der Waals surface area contributed by atoms with Crippen molar-refractivity contribution in [2.75, 3.05) is 13.2 Å². The minimum absolute atomic E-state index is 0.0576. The molecule has 1 aromatic carbocycles. The third-order valence-corrected chi connectivity index (χ3v) is 2.95. The fourth-order valence-corrected chi connectivity index (χ4v) is 2.11. The summed E-state index contributed by atoms with van der Waals surface area (Å²) in [4.78, 5) is 3.82. The van der Waals surface area contributed by atoms with E-state index in [4.69, 9.17) is 9.47 Å². The van der Waals surface area contributed by atoms with E-state index in [1.807, 2.05) is 0 Å². The Kier molecular flexibility index (Phi) is 5.27. The Morgan fingerprint density at radius 1 is 1.05 bits per heavy atom. The van der Waals surface area contributed by atoms with Crippen LogP contribution in [0, 0.1) is 11.6 Å². The number of hydrogen-bond donors (Lipinski definition) is 1. The van der Waals surface area contributed by atoms with Crippen molar-refractivity contribution in [3.05, 3.63) is 41.6 Å². The van der Waals surface area contributed by atoms with Gasteiger partial charge in [-0.3, -0.25) is 0 Å². The minimum atomic E-state index is -0.807. The van der Waals surface area contributed by atoms with Gasteiger partial charge in [0, 0.05) is 6.07 Å². The van der Waals surface area contributed by atoms with Crippen molar-refractivity contribution < 1.29 is 23.4 Å². The molecule has 0 radical (unpaired) electrons. The first kappa shape index (κ1) is 16.2. The summed E-state index contributed by atoms with van der Waals surface area (Å²) in [6.45, 7) is 4.04. The van der Waals surface area contributed by atoms with Crippen molar-refractivity contribution in [3.63, 3.8) is 0 Å². The number of aliphatic hydroxyl groups excluding tert-OH is 1. The molecule has 0 saturated carbocycles. The first-order valence-corrected chi connectivity index (χ1v) is 6.95. The lowest BCUT2D eigenvalue weighted by Crippen LogP contribution is -2.03. The predicted molar refractivity (Wildman–Crippen MR) is 77.8 cm³/mol. The second-order valence-corrected chi connectivity index (χ2v) is 4.48. The molecular weight excluding hydrogens is 292 g/mol. The van der Waals surface area contributed by atoms with Crippen LogP contribution in [0.2, 0.25) is 0 Å². The summed E-state index contributed by atoms with van der Waals surface area (Å²) >= 11 is 0. The number of hydrogen-bond acceptors (Lipinski definition) is 4. The highest BCUT2D eigenvalue weighted by atomic mass is 19.1. The molecular formula is C16H17F2NO3. The second kappa shape index (κ2) is 7.17. The average molecular weight is 309 g/mol. The van der Waals surface area contributed by atoms with Gasteiger partial charge in [-0.2, -0.15) is 0 Å². The maximum atomic E-state index is 14.1. The highest BCUT2D eigenvalue weighted by Crippen LogP contribution is 2.40. The molecule has 0 unspecified atom stereocenters. The van der Waals surface area contributed by atoms with Crippen LogP contribution in [0.5, 0.6) is 11.5 Å². The summed E-state index contributed by atoms with van der Waals surface area (Å²) < 4.78 is 38.2. The summed E-state index contributed by atoms with van der Waals surface area (Å²) in [6, 6.07) is 3.94. The molecule has 1 aromatic heterocycles. The molecule has 0 saturated heterocycles. The molecule has 0 aliphatic carbocycles. The van der Waals surface area contributed by atoms with E-state index in [-0.39, 0.29) is 12.3 Å². The average Bonchev–Trinajstić information content (AvgIpc) is 2.49. The van der Waals surface area contributed by atoms with Gasteiger partial charge in [-0.15, -0.1) is 0 Å². The van der Waals surface area contributed by atoms with Gasteiger partial charge in [0.25, 0.3) is 0 Å². The van der Waals surface area contributed by atoms with Crippen LogP contribution in [-0.4, -0.2) is 23.3 Å². The molecule has 0 spiro atoms. The van der Waals surface area contributed by atoms with Crippen molar-refractivity contribution >= 4 is 0 Å². The molecule has 6 heteroatoms. The van der Waals surface area contributed by atoms with Gasteiger partial charge in [0.1, 0.15) is 23.0 Å². The summed E-state index contributed by atoms with van der Waals surface area (Å²) in [7, 11) is 0. The number of aromatic nitrogens is 1. The third kappa shape index (κ3) is 3.33. The molecule has 22 heavy (non-hydrogen) atoms. The Labute approximate surface area is 127 Å². The van der Waals surface area contributed by atoms with Gasteiger partial charge >= 0.3 is 0 Å². The molecule has 0 fully saturated rings. The van der Waals surface area contributed by atoms with Gasteiger partial charge in [-0.1, -0.05) is 0 Å². The Bertz CT molecular complexity index is 635. The molecule has 2 rings (SSSR count). The molecule has 2 aromatic rings. The van der Waals surface area contributed by atoms with E-state index in [0.29, 0.717) is 35.8 Å². The normalized spacial score (nSPS) is 10.6. The molecule has 118 valence electrons. The van der Waals surface area contributed by atoms with Crippen molar-refractivity contribution in [1.29, 1.82) is 0 Å². The van der Waals surface area contributed by atoms with Gasteiger partial charge in [-0.05, 0) is 31.5 Å². The number of rotatable bonds is 6. The number of pyridine rings is 1. The van der Waals surface area contributed by atoms with Gasteiger partial charge in [0.2, 0.25) is 0 Å². The van der Waals surface area contributed by atoms with E-state index in [1.165, 1.54) is 0 Å². The standard InChI is InChI=1S/C16H17F2NO3/c1-3-21-13-5-10(9-20)6-14(22-4-2)15(13)16-12(18)7-11(17)8-19-16/h5-8,20H,3-4,9H2,1-2H3. The molecule has 0 aliphatic rings. The van der Waals surface area contributed by atoms with Gasteiger partial charge in [0.05, 0.1) is 31.6 Å². The lowest BCUT2D eigenvalue weighted by molar-refractivity contribution is 0.277. The Morgan fingerprint density at radius 2 is 1.64 bits per heavy atom. The van der Waals surface area contributed by atoms with Crippen molar-refractivity contribution in [2.45, 2.75) is 20.5 Å². The molecule has 4 nitrogen and oxygen atoms in total. The summed E-state index contributed by atoms with van der Waals surface area (Å²) in [5.41, 5.74) is 0.814. The first-order chi connectivity index (χ1) is 10.6. The van der Waals surface area contributed by atoms with Gasteiger partial charge in [-0.25, -0.2) is 13.8 Å². The highest BCUT2D eigenvalue weighted by molar-refractivity contribution is 5.75. The summed E-state index contributed by atoms with van der Waals surface area (Å²) in [5.74, 6) is -0.909. The number of benzene rings is 1. The maximum Gasteiger partial charge on any atom is 0.152 e. The lowest BCUT2D eigenvalue weighted by Gasteiger charge is -2.17. The summed E-state index contributed by atoms with van der Waals surface area (Å²) in [6.07, 6.45) is 0.934. The number of aliphatic hydroxyl groups is 1. The van der Waals surface area contributed by atoms with Crippen LogP contribution in [0.4, 0.5) is 8.78 Å². The van der Waals surface area contributed by atoms with E-state index >= 15 is 0 Å². The third-order valence-electron chi connectivity index (χ3n) is 2.95. The van der Waals surface area contributed by atoms with E-state index in [1.54, 1.807) is 26.0 Å². The Morgan fingerprint density at radius 3 is 2.09 bits per heavy atom. The number of ether oxygens (including phenoxy) is 2. The number of halogens is 2. The summed E-state index contributed by atoms with van der Waals surface area (Å²) in [5, 5.41) is 9.32. The van der Waals surface area contributed by atoms with Crippen LogP contribution in [0.1, 0.15) is 19.4 Å². The molecule has 0 atom stereocenters. The molecule has 1 N–H and O–H groups in total. The zero-order valence-corrected chi connectivity index (χ0v) is 12.4. The van der Waals surface area contributed by atoms with Crippen LogP contribution in [0.25, 0.3) is 11.3 Å². The van der Waals surface area contributed by atoms with E-state index in [9.17, 15) is 13.9 Å². The van der Waals surface area contributed by atoms with Gasteiger partial charge in [0.15, 0.2) is 5.82 Å². The Hall–Kier alpha value is -2.21. The smallest absolute Gasteiger partial charge is 0.152 e. The lowest BCUT2D eigenvalue weighted by atomic mass is 10.0. The van der Waals surface area contributed by atoms with E-state index in [2.05, 4.69) is 4.98 Å². The van der Waals surface area contributed by atoms with E-state index in [0.717, 1.165) is 12.3 Å². The second-order valence-electron chi connectivity index (χ2n) is 4.48. The molecule has 0 amide bonds. The molecule has 1 heterocycles. The van der Waals surface area contributed by atoms with Crippen LogP contribution < -0.4 is 9.47 Å². The van der Waals surface area contributed by atoms with E-state index < -0.39 is 11.6 Å². The van der Waals surface area contributed by atoms with Crippen molar-refractivity contribution in [1.82, 2.24) is 4.98 Å². The molecule has 0 aliphatic heterocycles. The van der Waals surface area contributed by atoms with Crippen LogP contribution in [0.3, 0.4) is 0 Å². The Balaban J connectivity index is 2.69. The number of nitrogens with zero attached hydrogens (tertiary/aromatic N) is 1. The monoisotopic (exact) mass is 309 g/mol. The van der Waals surface area contributed by atoms with Crippen LogP contribution in [0.15, 0.2) is 24.4 Å². The first-order valence-electron chi connectivity index (χ1n) is 6.95. The molecule has 0 bridgehead atoms. The van der Waals surface area contributed by atoms with Crippen LogP contribution in [-0.2, 0) is 6.61 Å². The predicted octanol–water partition coefficient (Wildman–Crippen LogP) is 3.32. The minimum Gasteiger partial charge on any atom is -0.493 e. The van der Waals surface area contributed by atoms with Crippen molar-refractivity contribution in [2.24, 2.45) is 0 Å². The van der Waals surface area contributed by atoms with Crippen LogP contribution >= 0.6 is 0 Å². The van der Waals surface area contributed by atoms with Gasteiger partial charge < -0.3 is 14.6 Å². The zero-order valence-electron chi connectivity index (χ0n) is 12.4. The topological polar surface area (TPSA) is 51.6 Å².